The van der Waals surface area contributed by atoms with E-state index in [0.717, 1.165) is 11.3 Å². The van der Waals surface area contributed by atoms with Crippen LogP contribution in [0, 0.1) is 17.0 Å². The van der Waals surface area contributed by atoms with E-state index in [9.17, 15) is 10.1 Å². The Hall–Kier alpha value is -2.86. The minimum atomic E-state index is -0.441. The van der Waals surface area contributed by atoms with Crippen LogP contribution in [-0.4, -0.2) is 14.9 Å². The van der Waals surface area contributed by atoms with E-state index in [1.165, 1.54) is 0 Å². The van der Waals surface area contributed by atoms with Crippen LogP contribution in [0.1, 0.15) is 11.3 Å². The smallest absolute Gasteiger partial charge is 0.301 e. The van der Waals surface area contributed by atoms with E-state index < -0.39 is 4.92 Å². The lowest BCUT2D eigenvalue weighted by Gasteiger charge is -2.08. The molecule has 3 aromatic rings. The molecule has 0 aliphatic rings. The number of hydrogen-bond acceptors (Lipinski definition) is 5. The van der Waals surface area contributed by atoms with E-state index in [1.54, 1.807) is 12.1 Å². The van der Waals surface area contributed by atoms with E-state index in [-0.39, 0.29) is 17.7 Å². The van der Waals surface area contributed by atoms with Gasteiger partial charge in [-0.2, -0.15) is 0 Å². The van der Waals surface area contributed by atoms with Crippen LogP contribution >= 0.6 is 0 Å². The van der Waals surface area contributed by atoms with Crippen LogP contribution in [0.4, 0.5) is 5.69 Å². The summed E-state index contributed by atoms with van der Waals surface area (Å²) in [5, 5.41) is 11.4. The number of fused-ring (bicyclic) bond motifs is 1. The lowest BCUT2D eigenvalue weighted by molar-refractivity contribution is -0.383. The van der Waals surface area contributed by atoms with Gasteiger partial charge < -0.3 is 5.73 Å². The summed E-state index contributed by atoms with van der Waals surface area (Å²) in [5.74, 6) is 0. The molecule has 110 valence electrons. The molecule has 6 heteroatoms. The van der Waals surface area contributed by atoms with Crippen molar-refractivity contribution in [2.45, 2.75) is 13.5 Å². The largest absolute Gasteiger partial charge is 0.326 e. The fourth-order valence-electron chi connectivity index (χ4n) is 2.48. The highest BCUT2D eigenvalue weighted by molar-refractivity contribution is 5.88. The quantitative estimate of drug-likeness (QED) is 0.592. The lowest BCUT2D eigenvalue weighted by Crippen LogP contribution is -2.05. The van der Waals surface area contributed by atoms with Gasteiger partial charge >= 0.3 is 5.69 Å². The van der Waals surface area contributed by atoms with Crippen LogP contribution < -0.4 is 5.73 Å². The van der Waals surface area contributed by atoms with Crippen LogP contribution in [0.3, 0.4) is 0 Å². The summed E-state index contributed by atoms with van der Waals surface area (Å²) < 4.78 is 0. The molecule has 0 fully saturated rings. The van der Waals surface area contributed by atoms with Crippen molar-refractivity contribution in [1.29, 1.82) is 0 Å². The van der Waals surface area contributed by atoms with Crippen molar-refractivity contribution in [3.05, 3.63) is 63.8 Å². The molecule has 0 amide bonds. The molecule has 1 heterocycles. The number of hydrogen-bond donors (Lipinski definition) is 1. The van der Waals surface area contributed by atoms with E-state index in [0.29, 0.717) is 16.8 Å². The van der Waals surface area contributed by atoms with Gasteiger partial charge in [-0.25, -0.2) is 9.97 Å². The predicted octanol–water partition coefficient (Wildman–Crippen LogP) is 2.97. The molecular formula is C16H14N4O2. The molecule has 0 saturated heterocycles. The molecule has 3 rings (SSSR count). The van der Waals surface area contributed by atoms with Crippen LogP contribution in [0.15, 0.2) is 42.5 Å². The highest BCUT2D eigenvalue weighted by Crippen LogP contribution is 2.30. The Kier molecular flexibility index (Phi) is 3.52. The zero-order valence-electron chi connectivity index (χ0n) is 12.0. The number of nitrogens with two attached hydrogens (primary N) is 1. The Morgan fingerprint density at radius 3 is 2.50 bits per heavy atom. The molecule has 0 atom stereocenters. The van der Waals surface area contributed by atoms with Crippen molar-refractivity contribution in [3.8, 4) is 11.3 Å². The summed E-state index contributed by atoms with van der Waals surface area (Å²) in [6, 6.07) is 12.9. The van der Waals surface area contributed by atoms with E-state index in [4.69, 9.17) is 5.73 Å². The van der Waals surface area contributed by atoms with Gasteiger partial charge in [0.1, 0.15) is 0 Å². The van der Waals surface area contributed by atoms with Crippen molar-refractivity contribution in [2.75, 3.05) is 0 Å². The molecular weight excluding hydrogens is 280 g/mol. The predicted molar refractivity (Wildman–Crippen MR) is 84.3 cm³/mol. The van der Waals surface area contributed by atoms with Crippen LogP contribution in [0.25, 0.3) is 22.3 Å². The molecule has 0 aliphatic carbocycles. The summed E-state index contributed by atoms with van der Waals surface area (Å²) in [6.45, 7) is 1.93. The van der Waals surface area contributed by atoms with Gasteiger partial charge in [0.2, 0.25) is 0 Å². The molecule has 0 saturated carbocycles. The van der Waals surface area contributed by atoms with Gasteiger partial charge in [-0.1, -0.05) is 30.3 Å². The minimum Gasteiger partial charge on any atom is -0.326 e. The second kappa shape index (κ2) is 5.50. The SMILES string of the molecule is Cc1nc2ccc(CN)c([N+](=O)[O-])c2nc1-c1ccccc1. The molecule has 0 unspecified atom stereocenters. The highest BCUT2D eigenvalue weighted by atomic mass is 16.6. The summed E-state index contributed by atoms with van der Waals surface area (Å²) >= 11 is 0. The van der Waals surface area contributed by atoms with Crippen molar-refractivity contribution in [2.24, 2.45) is 5.73 Å². The third-order valence-electron chi connectivity index (χ3n) is 3.52. The maximum Gasteiger partial charge on any atom is 0.301 e. The van der Waals surface area contributed by atoms with Crippen LogP contribution in [0.5, 0.6) is 0 Å². The third-order valence-corrected chi connectivity index (χ3v) is 3.52. The van der Waals surface area contributed by atoms with E-state index in [2.05, 4.69) is 9.97 Å². The maximum absolute atomic E-state index is 11.4. The Balaban J connectivity index is 2.35. The summed E-state index contributed by atoms with van der Waals surface area (Å²) in [4.78, 5) is 19.9. The van der Waals surface area contributed by atoms with E-state index in [1.807, 2.05) is 37.3 Å². The van der Waals surface area contributed by atoms with Crippen molar-refractivity contribution in [3.63, 3.8) is 0 Å². The first-order chi connectivity index (χ1) is 10.6. The molecule has 0 bridgehead atoms. The number of aryl methyl sites for hydroxylation is 1. The topological polar surface area (TPSA) is 94.9 Å². The van der Waals surface area contributed by atoms with E-state index >= 15 is 0 Å². The average molecular weight is 294 g/mol. The number of aromatic nitrogens is 2. The fraction of sp³-hybridized carbons (Fsp3) is 0.125. The summed E-state index contributed by atoms with van der Waals surface area (Å²) in [7, 11) is 0. The summed E-state index contributed by atoms with van der Waals surface area (Å²) in [6.07, 6.45) is 0. The number of nitro benzene ring substituents is 1. The minimum absolute atomic E-state index is 0.0651. The first-order valence-electron chi connectivity index (χ1n) is 6.82. The molecule has 0 spiro atoms. The maximum atomic E-state index is 11.4. The van der Waals surface area contributed by atoms with Gasteiger partial charge in [0, 0.05) is 17.7 Å². The Bertz CT molecular complexity index is 863. The number of nitrogens with zero attached hydrogens (tertiary/aromatic N) is 3. The molecule has 0 aliphatic heterocycles. The van der Waals surface area contributed by atoms with Crippen LogP contribution in [-0.2, 0) is 6.54 Å². The molecule has 6 nitrogen and oxygen atoms in total. The molecule has 22 heavy (non-hydrogen) atoms. The monoisotopic (exact) mass is 294 g/mol. The zero-order valence-corrected chi connectivity index (χ0v) is 12.0. The number of nitro groups is 1. The molecule has 2 aromatic carbocycles. The normalized spacial score (nSPS) is 10.8. The molecule has 1 aromatic heterocycles. The van der Waals surface area contributed by atoms with Gasteiger partial charge in [-0.3, -0.25) is 10.1 Å². The van der Waals surface area contributed by atoms with Crippen LogP contribution in [0.2, 0.25) is 0 Å². The van der Waals surface area contributed by atoms with Gasteiger partial charge in [0.25, 0.3) is 0 Å². The first-order valence-corrected chi connectivity index (χ1v) is 6.82. The third kappa shape index (κ3) is 2.29. The first kappa shape index (κ1) is 14.1. The average Bonchev–Trinajstić information content (AvgIpc) is 2.53. The zero-order chi connectivity index (χ0) is 15.7. The number of benzene rings is 2. The highest BCUT2D eigenvalue weighted by Gasteiger charge is 2.21. The standard InChI is InChI=1S/C16H14N4O2/c1-10-14(11-5-3-2-4-6-11)19-15-13(18-10)8-7-12(9-17)16(15)20(21)22/h2-8H,9,17H2,1H3. The van der Waals surface area contributed by atoms with Gasteiger partial charge in [-0.15, -0.1) is 0 Å². The van der Waals surface area contributed by atoms with Crippen molar-refractivity contribution < 1.29 is 4.92 Å². The number of rotatable bonds is 3. The molecule has 2 N–H and O–H groups in total. The summed E-state index contributed by atoms with van der Waals surface area (Å²) in [5.41, 5.74) is 9.02. The molecule has 0 radical (unpaired) electrons. The van der Waals surface area contributed by atoms with Gasteiger partial charge in [0.05, 0.1) is 21.8 Å². The van der Waals surface area contributed by atoms with Gasteiger partial charge in [-0.05, 0) is 19.1 Å². The second-order valence-electron chi connectivity index (χ2n) is 4.93. The Morgan fingerprint density at radius 1 is 1.14 bits per heavy atom. The van der Waals surface area contributed by atoms with Gasteiger partial charge in [0.15, 0.2) is 5.52 Å². The Labute approximate surface area is 126 Å². The van der Waals surface area contributed by atoms with Crippen molar-refractivity contribution >= 4 is 16.7 Å². The second-order valence-corrected chi connectivity index (χ2v) is 4.93. The Morgan fingerprint density at radius 2 is 1.86 bits per heavy atom. The fourth-order valence-corrected chi connectivity index (χ4v) is 2.48. The van der Waals surface area contributed by atoms with Crippen molar-refractivity contribution in [1.82, 2.24) is 9.97 Å². The lowest BCUT2D eigenvalue weighted by atomic mass is 10.1.